The Bertz CT molecular complexity index is 1230. The molecule has 9 nitrogen and oxygen atoms in total. The lowest BCUT2D eigenvalue weighted by Crippen LogP contribution is -2.31. The van der Waals surface area contributed by atoms with Crippen LogP contribution in [0, 0.1) is 21.4 Å². The minimum absolute atomic E-state index is 0.0742. The van der Waals surface area contributed by atoms with Crippen LogP contribution in [0.4, 0.5) is 18.9 Å². The fourth-order valence-corrected chi connectivity index (χ4v) is 3.19. The molecule has 0 saturated carbocycles. The number of nitro groups is 1. The number of alkyl halides is 3. The average molecular weight is 433 g/mol. The van der Waals surface area contributed by atoms with Gasteiger partial charge in [-0.1, -0.05) is 0 Å². The number of ether oxygens (including phenoxy) is 1. The van der Waals surface area contributed by atoms with Gasteiger partial charge in [0.05, 0.1) is 34.7 Å². The van der Waals surface area contributed by atoms with Crippen molar-refractivity contribution in [1.29, 1.82) is 5.26 Å². The van der Waals surface area contributed by atoms with Crippen molar-refractivity contribution >= 4 is 22.5 Å². The van der Waals surface area contributed by atoms with Crippen LogP contribution in [0.25, 0.3) is 10.9 Å². The third-order valence-electron chi connectivity index (χ3n) is 4.63. The number of carbonyl (C=O) groups is 1. The van der Waals surface area contributed by atoms with E-state index in [1.165, 1.54) is 36.0 Å². The number of hydrogen-bond acceptors (Lipinski definition) is 6. The molecule has 2 N–H and O–H groups in total. The molecule has 0 fully saturated rings. The fraction of sp³-hybridized carbons (Fsp3) is 0.211. The second-order valence-electron chi connectivity index (χ2n) is 6.87. The second-order valence-corrected chi connectivity index (χ2v) is 6.87. The van der Waals surface area contributed by atoms with Crippen molar-refractivity contribution in [3.05, 3.63) is 63.8 Å². The van der Waals surface area contributed by atoms with Gasteiger partial charge in [-0.25, -0.2) is 0 Å². The molecule has 0 spiro atoms. The van der Waals surface area contributed by atoms with Crippen LogP contribution < -0.4 is 10.5 Å². The van der Waals surface area contributed by atoms with Crippen molar-refractivity contribution in [3.8, 4) is 11.8 Å². The molecule has 31 heavy (non-hydrogen) atoms. The lowest BCUT2D eigenvalue weighted by Gasteiger charge is -2.25. The number of carbonyl (C=O) groups excluding carboxylic acids is 1. The van der Waals surface area contributed by atoms with Gasteiger partial charge in [0, 0.05) is 23.1 Å². The van der Waals surface area contributed by atoms with Gasteiger partial charge >= 0.3 is 6.36 Å². The van der Waals surface area contributed by atoms with E-state index in [1.807, 2.05) is 6.07 Å². The van der Waals surface area contributed by atoms with Crippen LogP contribution in [-0.4, -0.2) is 27.0 Å². The van der Waals surface area contributed by atoms with Gasteiger partial charge in [-0.15, -0.1) is 13.2 Å². The van der Waals surface area contributed by atoms with Gasteiger partial charge < -0.3 is 10.5 Å². The molecule has 0 saturated heterocycles. The molecule has 12 heteroatoms. The molecule has 1 atom stereocenters. The number of halogens is 3. The van der Waals surface area contributed by atoms with Crippen molar-refractivity contribution in [2.75, 3.05) is 0 Å². The highest BCUT2D eigenvalue weighted by atomic mass is 19.4. The quantitative estimate of drug-likeness (QED) is 0.467. The van der Waals surface area contributed by atoms with E-state index < -0.39 is 28.4 Å². The summed E-state index contributed by atoms with van der Waals surface area (Å²) in [6, 6.07) is 8.92. The molecular weight excluding hydrogens is 419 g/mol. The zero-order valence-electron chi connectivity index (χ0n) is 15.9. The van der Waals surface area contributed by atoms with Crippen LogP contribution in [0.3, 0.4) is 0 Å². The minimum atomic E-state index is -4.97. The van der Waals surface area contributed by atoms with Crippen molar-refractivity contribution in [1.82, 2.24) is 9.78 Å². The minimum Gasteiger partial charge on any atom is -0.406 e. The van der Waals surface area contributed by atoms with E-state index in [9.17, 15) is 33.3 Å². The molecule has 1 heterocycles. The van der Waals surface area contributed by atoms with Crippen LogP contribution in [0.15, 0.2) is 42.6 Å². The number of non-ortho nitro benzene ring substituents is 1. The van der Waals surface area contributed by atoms with Crippen LogP contribution in [0.1, 0.15) is 22.8 Å². The Hall–Kier alpha value is -4.14. The van der Waals surface area contributed by atoms with Gasteiger partial charge in [0.1, 0.15) is 5.75 Å². The Morgan fingerprint density at radius 3 is 2.61 bits per heavy atom. The van der Waals surface area contributed by atoms with Gasteiger partial charge in [-0.2, -0.15) is 10.4 Å². The first-order valence-corrected chi connectivity index (χ1v) is 8.65. The Balaban J connectivity index is 2.08. The number of primary amides is 1. The molecular formula is C19H14F3N5O4. The van der Waals surface area contributed by atoms with Gasteiger partial charge in [0.15, 0.2) is 0 Å². The Morgan fingerprint density at radius 2 is 2.03 bits per heavy atom. The zero-order chi connectivity index (χ0) is 23.0. The van der Waals surface area contributed by atoms with Crippen LogP contribution in [0.2, 0.25) is 0 Å². The molecule has 160 valence electrons. The first kappa shape index (κ1) is 21.6. The van der Waals surface area contributed by atoms with E-state index in [4.69, 9.17) is 5.73 Å². The number of hydrogen-bond donors (Lipinski definition) is 1. The third-order valence-corrected chi connectivity index (χ3v) is 4.63. The van der Waals surface area contributed by atoms with E-state index in [0.717, 1.165) is 18.2 Å². The van der Waals surface area contributed by atoms with Crippen LogP contribution in [0.5, 0.6) is 5.75 Å². The molecule has 2 aromatic carbocycles. The lowest BCUT2D eigenvalue weighted by atomic mass is 9.80. The highest BCUT2D eigenvalue weighted by Crippen LogP contribution is 2.34. The standard InChI is InChI=1S/C19H14F3N5O4/c1-18(9-23,10-26-16-5-2-12(27(29)30)6-11(16)8-25-26)15-7-13(31-19(20,21)22)3-4-14(15)17(24)28/h2-8H,10H2,1H3,(H2,24,28). The number of benzene rings is 2. The largest absolute Gasteiger partial charge is 0.573 e. The molecule has 0 aliphatic heterocycles. The first-order chi connectivity index (χ1) is 14.4. The monoisotopic (exact) mass is 433 g/mol. The number of fused-ring (bicyclic) bond motifs is 1. The van der Waals surface area contributed by atoms with Crippen molar-refractivity contribution in [2.24, 2.45) is 5.73 Å². The number of amides is 1. The Morgan fingerprint density at radius 1 is 1.32 bits per heavy atom. The average Bonchev–Trinajstić information content (AvgIpc) is 3.08. The van der Waals surface area contributed by atoms with Crippen LogP contribution >= 0.6 is 0 Å². The summed E-state index contributed by atoms with van der Waals surface area (Å²) in [6.45, 7) is 1.23. The maximum atomic E-state index is 12.6. The fourth-order valence-electron chi connectivity index (χ4n) is 3.19. The molecule has 0 aliphatic rings. The highest BCUT2D eigenvalue weighted by molar-refractivity contribution is 5.95. The van der Waals surface area contributed by atoms with Gasteiger partial charge in [0.2, 0.25) is 5.91 Å². The Kier molecular flexibility index (Phi) is 5.29. The number of nitrogens with zero attached hydrogens (tertiary/aromatic N) is 4. The summed E-state index contributed by atoms with van der Waals surface area (Å²) < 4.78 is 43.2. The molecule has 0 aliphatic carbocycles. The SMILES string of the molecule is CC(C#N)(Cn1ncc2cc([N+](=O)[O-])ccc21)c1cc(OC(F)(F)F)ccc1C(N)=O. The summed E-state index contributed by atoms with van der Waals surface area (Å²) in [4.78, 5) is 22.2. The summed E-state index contributed by atoms with van der Waals surface area (Å²) in [5, 5.41) is 25.4. The summed E-state index contributed by atoms with van der Waals surface area (Å²) in [5.41, 5.74) is 3.89. The topological polar surface area (TPSA) is 137 Å². The first-order valence-electron chi connectivity index (χ1n) is 8.65. The number of nitrogens with two attached hydrogens (primary N) is 1. The third kappa shape index (κ3) is 4.40. The highest BCUT2D eigenvalue weighted by Gasteiger charge is 2.35. The number of nitriles is 1. The van der Waals surface area contributed by atoms with E-state index in [1.54, 1.807) is 0 Å². The maximum absolute atomic E-state index is 12.6. The number of aromatic nitrogens is 2. The molecule has 0 radical (unpaired) electrons. The Labute approximate surface area is 172 Å². The molecule has 3 aromatic rings. The predicted octanol–water partition coefficient (Wildman–Crippen LogP) is 3.42. The maximum Gasteiger partial charge on any atom is 0.573 e. The van der Waals surface area contributed by atoms with Gasteiger partial charge in [0.25, 0.3) is 5.69 Å². The number of rotatable bonds is 6. The summed E-state index contributed by atoms with van der Waals surface area (Å²) in [6.07, 6.45) is -3.61. The van der Waals surface area contributed by atoms with E-state index in [0.29, 0.717) is 10.9 Å². The summed E-state index contributed by atoms with van der Waals surface area (Å²) in [5.74, 6) is -1.55. The van der Waals surface area contributed by atoms with Crippen molar-refractivity contribution in [2.45, 2.75) is 25.2 Å². The van der Waals surface area contributed by atoms with Gasteiger partial charge in [-0.3, -0.25) is 19.6 Å². The van der Waals surface area contributed by atoms with Gasteiger partial charge in [-0.05, 0) is 36.8 Å². The van der Waals surface area contributed by atoms with E-state index in [-0.39, 0.29) is 23.4 Å². The predicted molar refractivity (Wildman–Crippen MR) is 101 cm³/mol. The second kappa shape index (κ2) is 7.60. The van der Waals surface area contributed by atoms with E-state index in [2.05, 4.69) is 9.84 Å². The smallest absolute Gasteiger partial charge is 0.406 e. The zero-order valence-corrected chi connectivity index (χ0v) is 15.9. The molecule has 1 amide bonds. The summed E-state index contributed by atoms with van der Waals surface area (Å²) >= 11 is 0. The normalized spacial score (nSPS) is 13.4. The van der Waals surface area contributed by atoms with E-state index >= 15 is 0 Å². The summed E-state index contributed by atoms with van der Waals surface area (Å²) in [7, 11) is 0. The molecule has 1 aromatic heterocycles. The van der Waals surface area contributed by atoms with Crippen molar-refractivity contribution in [3.63, 3.8) is 0 Å². The lowest BCUT2D eigenvalue weighted by molar-refractivity contribution is -0.384. The molecule has 1 unspecified atom stereocenters. The number of nitro benzene ring substituents is 1. The molecule has 3 rings (SSSR count). The molecule has 0 bridgehead atoms. The van der Waals surface area contributed by atoms with Crippen LogP contribution in [-0.2, 0) is 12.0 Å². The van der Waals surface area contributed by atoms with Crippen molar-refractivity contribution < 1.29 is 27.6 Å².